The maximum absolute atomic E-state index is 12.4. The van der Waals surface area contributed by atoms with Crippen molar-refractivity contribution in [3.8, 4) is 0 Å². The maximum atomic E-state index is 12.4. The lowest BCUT2D eigenvalue weighted by Crippen LogP contribution is -2.40. The van der Waals surface area contributed by atoms with E-state index in [1.54, 1.807) is 0 Å². The van der Waals surface area contributed by atoms with Gasteiger partial charge >= 0.3 is 5.97 Å². The molecule has 0 aromatic carbocycles. The second kappa shape index (κ2) is 8.45. The molecule has 2 aliphatic rings. The summed E-state index contributed by atoms with van der Waals surface area (Å²) in [5.74, 6) is 1.40. The van der Waals surface area contributed by atoms with Crippen molar-refractivity contribution in [3.05, 3.63) is 11.7 Å². The van der Waals surface area contributed by atoms with Gasteiger partial charge in [-0.15, -0.1) is 0 Å². The van der Waals surface area contributed by atoms with Crippen molar-refractivity contribution in [2.45, 2.75) is 70.1 Å². The van der Waals surface area contributed by atoms with Crippen LogP contribution in [0.25, 0.3) is 0 Å². The number of nitrogens with zero attached hydrogens (tertiary/aromatic N) is 3. The summed E-state index contributed by atoms with van der Waals surface area (Å²) >= 11 is 0. The highest BCUT2D eigenvalue weighted by Crippen LogP contribution is 2.32. The average molecular weight is 349 g/mol. The van der Waals surface area contributed by atoms with E-state index in [0.29, 0.717) is 43.5 Å². The number of likely N-dealkylation sites (tertiary alicyclic amines) is 1. The predicted octanol–water partition coefficient (Wildman–Crippen LogP) is 2.76. The number of hydrogen-bond acceptors (Lipinski definition) is 5. The summed E-state index contributed by atoms with van der Waals surface area (Å²) in [6, 6.07) is 0. The predicted molar refractivity (Wildman–Crippen MR) is 90.0 cm³/mol. The van der Waals surface area contributed by atoms with Crippen LogP contribution in [0.15, 0.2) is 4.52 Å². The molecule has 1 aromatic rings. The summed E-state index contributed by atoms with van der Waals surface area (Å²) in [6.45, 7) is 1.43. The van der Waals surface area contributed by atoms with Gasteiger partial charge in [-0.2, -0.15) is 4.98 Å². The van der Waals surface area contributed by atoms with Crippen LogP contribution in [-0.2, 0) is 16.0 Å². The van der Waals surface area contributed by atoms with Gasteiger partial charge in [-0.25, -0.2) is 0 Å². The molecule has 3 rings (SSSR count). The molecule has 7 nitrogen and oxygen atoms in total. The molecule has 1 saturated heterocycles. The Labute approximate surface area is 147 Å². The number of aromatic nitrogens is 2. The number of piperidine rings is 1. The zero-order chi connectivity index (χ0) is 17.6. The van der Waals surface area contributed by atoms with Gasteiger partial charge in [-0.1, -0.05) is 18.0 Å². The lowest BCUT2D eigenvalue weighted by Gasteiger charge is -2.32. The Morgan fingerprint density at radius 1 is 1.16 bits per heavy atom. The van der Waals surface area contributed by atoms with Gasteiger partial charge in [0.25, 0.3) is 0 Å². The van der Waals surface area contributed by atoms with E-state index in [4.69, 9.17) is 9.63 Å². The van der Waals surface area contributed by atoms with E-state index in [2.05, 4.69) is 10.1 Å². The molecule has 1 aromatic heterocycles. The lowest BCUT2D eigenvalue weighted by atomic mass is 9.93. The highest BCUT2D eigenvalue weighted by Gasteiger charge is 2.25. The third-order valence-electron chi connectivity index (χ3n) is 5.39. The Morgan fingerprint density at radius 2 is 1.96 bits per heavy atom. The molecule has 1 saturated carbocycles. The Balaban J connectivity index is 1.44. The second-order valence-corrected chi connectivity index (χ2v) is 7.31. The van der Waals surface area contributed by atoms with Crippen molar-refractivity contribution in [2.75, 3.05) is 13.1 Å². The monoisotopic (exact) mass is 349 g/mol. The average Bonchev–Trinajstić information content (AvgIpc) is 3.29. The smallest absolute Gasteiger partial charge is 0.303 e. The van der Waals surface area contributed by atoms with Gasteiger partial charge < -0.3 is 14.5 Å². The van der Waals surface area contributed by atoms with Crippen molar-refractivity contribution >= 4 is 11.9 Å². The summed E-state index contributed by atoms with van der Waals surface area (Å²) in [4.78, 5) is 29.5. The number of hydrogen-bond donors (Lipinski definition) is 1. The molecular weight excluding hydrogens is 322 g/mol. The number of aliphatic carboxylic acids is 1. The summed E-state index contributed by atoms with van der Waals surface area (Å²) in [5, 5.41) is 12.9. The fraction of sp³-hybridized carbons (Fsp3) is 0.778. The van der Waals surface area contributed by atoms with Crippen molar-refractivity contribution in [1.29, 1.82) is 0 Å². The first-order valence-corrected chi connectivity index (χ1v) is 9.44. The summed E-state index contributed by atoms with van der Waals surface area (Å²) in [5.41, 5.74) is 0. The molecule has 0 bridgehead atoms. The first kappa shape index (κ1) is 17.9. The normalized spacial score (nSPS) is 21.6. The molecule has 1 aliphatic heterocycles. The van der Waals surface area contributed by atoms with E-state index in [1.165, 1.54) is 12.8 Å². The minimum atomic E-state index is -0.766. The van der Waals surface area contributed by atoms with Crippen molar-refractivity contribution in [3.63, 3.8) is 0 Å². The van der Waals surface area contributed by atoms with Crippen LogP contribution in [0.4, 0.5) is 0 Å². The fourth-order valence-electron chi connectivity index (χ4n) is 3.95. The van der Waals surface area contributed by atoms with Gasteiger partial charge in [-0.05, 0) is 38.0 Å². The highest BCUT2D eigenvalue weighted by molar-refractivity contribution is 5.76. The molecule has 25 heavy (non-hydrogen) atoms. The van der Waals surface area contributed by atoms with Crippen molar-refractivity contribution < 1.29 is 19.2 Å². The summed E-state index contributed by atoms with van der Waals surface area (Å²) < 4.78 is 5.30. The molecule has 0 spiro atoms. The first-order chi connectivity index (χ1) is 12.1. The number of aryl methyl sites for hydroxylation is 1. The third kappa shape index (κ3) is 5.03. The van der Waals surface area contributed by atoms with Crippen LogP contribution >= 0.6 is 0 Å². The van der Waals surface area contributed by atoms with E-state index >= 15 is 0 Å². The van der Waals surface area contributed by atoms with Crippen LogP contribution in [0, 0.1) is 5.92 Å². The molecule has 1 atom stereocenters. The largest absolute Gasteiger partial charge is 0.481 e. The molecule has 0 radical (unpaired) electrons. The Kier molecular flexibility index (Phi) is 6.04. The SMILES string of the molecule is O=C(O)CCC1CCCN(C(=O)CCc2nc(C3CCCC3)no2)C1. The standard InChI is InChI=1S/C18H27N3O4/c22-16(21-11-3-4-13(12-21)7-10-17(23)24)9-8-15-19-18(20-25-15)14-5-1-2-6-14/h13-14H,1-12H2,(H,23,24). The fourth-order valence-corrected chi connectivity index (χ4v) is 3.95. The number of amides is 1. The van der Waals surface area contributed by atoms with Crippen LogP contribution in [0.2, 0.25) is 0 Å². The van der Waals surface area contributed by atoms with E-state index in [0.717, 1.165) is 38.1 Å². The minimum absolute atomic E-state index is 0.0978. The molecule has 1 aliphatic carbocycles. The molecular formula is C18H27N3O4. The first-order valence-electron chi connectivity index (χ1n) is 9.44. The Morgan fingerprint density at radius 3 is 2.72 bits per heavy atom. The van der Waals surface area contributed by atoms with E-state index in [1.807, 2.05) is 4.90 Å². The van der Waals surface area contributed by atoms with Crippen LogP contribution in [0.3, 0.4) is 0 Å². The zero-order valence-corrected chi connectivity index (χ0v) is 14.7. The molecule has 1 amide bonds. The quantitative estimate of drug-likeness (QED) is 0.813. The molecule has 7 heteroatoms. The van der Waals surface area contributed by atoms with Crippen LogP contribution < -0.4 is 0 Å². The third-order valence-corrected chi connectivity index (χ3v) is 5.39. The highest BCUT2D eigenvalue weighted by atomic mass is 16.5. The van der Waals surface area contributed by atoms with Crippen LogP contribution in [-0.4, -0.2) is 45.1 Å². The van der Waals surface area contributed by atoms with E-state index in [9.17, 15) is 9.59 Å². The number of carbonyl (C=O) groups excluding carboxylic acids is 1. The van der Waals surface area contributed by atoms with E-state index < -0.39 is 5.97 Å². The van der Waals surface area contributed by atoms with Gasteiger partial charge in [0.05, 0.1) is 0 Å². The van der Waals surface area contributed by atoms with Crippen LogP contribution in [0.1, 0.15) is 75.4 Å². The van der Waals surface area contributed by atoms with Gasteiger partial charge in [0.1, 0.15) is 0 Å². The molecule has 2 heterocycles. The number of carboxylic acid groups (broad SMARTS) is 1. The van der Waals surface area contributed by atoms with Gasteiger partial charge in [0.2, 0.25) is 11.8 Å². The Hall–Kier alpha value is -1.92. The Bertz CT molecular complexity index is 595. The lowest BCUT2D eigenvalue weighted by molar-refractivity contribution is -0.137. The second-order valence-electron chi connectivity index (χ2n) is 7.31. The summed E-state index contributed by atoms with van der Waals surface area (Å²) in [7, 11) is 0. The van der Waals surface area contributed by atoms with Gasteiger partial charge in [0, 0.05) is 38.3 Å². The molecule has 2 fully saturated rings. The van der Waals surface area contributed by atoms with Crippen LogP contribution in [0.5, 0.6) is 0 Å². The van der Waals surface area contributed by atoms with Gasteiger partial charge in [0.15, 0.2) is 5.82 Å². The van der Waals surface area contributed by atoms with E-state index in [-0.39, 0.29) is 12.3 Å². The topological polar surface area (TPSA) is 96.5 Å². The number of carboxylic acids is 1. The molecule has 1 N–H and O–H groups in total. The summed E-state index contributed by atoms with van der Waals surface area (Å²) in [6.07, 6.45) is 8.34. The number of carbonyl (C=O) groups is 2. The zero-order valence-electron chi connectivity index (χ0n) is 14.7. The van der Waals surface area contributed by atoms with Crippen molar-refractivity contribution in [2.24, 2.45) is 5.92 Å². The maximum Gasteiger partial charge on any atom is 0.303 e. The molecule has 138 valence electrons. The van der Waals surface area contributed by atoms with Gasteiger partial charge in [-0.3, -0.25) is 9.59 Å². The number of rotatable bonds is 7. The minimum Gasteiger partial charge on any atom is -0.481 e. The van der Waals surface area contributed by atoms with Crippen molar-refractivity contribution in [1.82, 2.24) is 15.0 Å². The molecule has 1 unspecified atom stereocenters.